The molecule has 0 aliphatic carbocycles. The van der Waals surface area contributed by atoms with E-state index in [-0.39, 0.29) is 22.9 Å². The number of ketones is 1. The Balaban J connectivity index is 2.00. The fourth-order valence-corrected chi connectivity index (χ4v) is 2.81. The maximum atomic E-state index is 13.4. The van der Waals surface area contributed by atoms with Gasteiger partial charge in [0.15, 0.2) is 5.78 Å². The van der Waals surface area contributed by atoms with E-state index in [2.05, 4.69) is 0 Å². The van der Waals surface area contributed by atoms with Crippen molar-refractivity contribution in [3.8, 4) is 0 Å². The van der Waals surface area contributed by atoms with Gasteiger partial charge in [-0.25, -0.2) is 8.78 Å². The van der Waals surface area contributed by atoms with Crippen LogP contribution in [0.1, 0.15) is 16.8 Å². The highest BCUT2D eigenvalue weighted by molar-refractivity contribution is 7.85. The number of hydrogen-bond acceptors (Lipinski definition) is 2. The van der Waals surface area contributed by atoms with E-state index in [0.29, 0.717) is 11.6 Å². The summed E-state index contributed by atoms with van der Waals surface area (Å²) in [5.74, 6) is -1.71. The predicted octanol–water partition coefficient (Wildman–Crippen LogP) is 3.35. The van der Waals surface area contributed by atoms with Crippen molar-refractivity contribution in [1.29, 1.82) is 0 Å². The Morgan fingerprint density at radius 1 is 1.05 bits per heavy atom. The fourth-order valence-electron chi connectivity index (χ4n) is 1.72. The number of rotatable bonds is 5. The molecule has 0 radical (unpaired) electrons. The van der Waals surface area contributed by atoms with E-state index in [1.165, 1.54) is 0 Å². The first kappa shape index (κ1) is 14.5. The van der Waals surface area contributed by atoms with Gasteiger partial charge in [-0.15, -0.1) is 0 Å². The second-order valence-electron chi connectivity index (χ2n) is 4.16. The molecule has 0 aliphatic rings. The molecule has 0 saturated carbocycles. The first-order valence-corrected chi connectivity index (χ1v) is 7.31. The lowest BCUT2D eigenvalue weighted by Crippen LogP contribution is -2.07. The molecule has 2 aromatic rings. The van der Waals surface area contributed by atoms with Gasteiger partial charge >= 0.3 is 0 Å². The minimum absolute atomic E-state index is 0.0102. The van der Waals surface area contributed by atoms with Gasteiger partial charge in [-0.3, -0.25) is 9.00 Å². The van der Waals surface area contributed by atoms with Gasteiger partial charge in [-0.05, 0) is 12.1 Å². The van der Waals surface area contributed by atoms with Crippen molar-refractivity contribution in [2.75, 3.05) is 5.75 Å². The summed E-state index contributed by atoms with van der Waals surface area (Å²) < 4.78 is 38.1. The summed E-state index contributed by atoms with van der Waals surface area (Å²) in [5.41, 5.74) is 0.532. The highest BCUT2D eigenvalue weighted by Crippen LogP contribution is 2.15. The zero-order chi connectivity index (χ0) is 14.5. The highest BCUT2D eigenvalue weighted by Gasteiger charge is 2.13. The van der Waals surface area contributed by atoms with Crippen molar-refractivity contribution in [3.63, 3.8) is 0 Å². The average molecular weight is 294 g/mol. The fraction of sp³-hybridized carbons (Fsp3) is 0.133. The van der Waals surface area contributed by atoms with Gasteiger partial charge in [0.05, 0.1) is 15.7 Å². The van der Waals surface area contributed by atoms with Gasteiger partial charge < -0.3 is 0 Å². The maximum Gasteiger partial charge on any atom is 0.163 e. The van der Waals surface area contributed by atoms with Gasteiger partial charge in [-0.2, -0.15) is 0 Å². The van der Waals surface area contributed by atoms with Crippen LogP contribution in [0.25, 0.3) is 0 Å². The molecule has 0 fully saturated rings. The van der Waals surface area contributed by atoms with E-state index in [0.717, 1.165) is 12.1 Å². The van der Waals surface area contributed by atoms with Crippen LogP contribution < -0.4 is 0 Å². The summed E-state index contributed by atoms with van der Waals surface area (Å²) in [6.45, 7) is 0. The average Bonchev–Trinajstić information content (AvgIpc) is 2.45. The van der Waals surface area contributed by atoms with E-state index in [9.17, 15) is 17.8 Å². The minimum atomic E-state index is -1.66. The molecule has 0 aromatic heterocycles. The second-order valence-corrected chi connectivity index (χ2v) is 5.70. The molecule has 2 nitrogen and oxygen atoms in total. The number of halogens is 2. The molecule has 0 N–H and O–H groups in total. The molecule has 2 aromatic carbocycles. The highest BCUT2D eigenvalue weighted by atomic mass is 32.2. The largest absolute Gasteiger partial charge is 0.294 e. The molecule has 0 bridgehead atoms. The number of Topliss-reactive ketones (excluding diaryl/α,β-unsaturated/α-hetero) is 1. The molecule has 0 saturated heterocycles. The molecule has 1 unspecified atom stereocenters. The van der Waals surface area contributed by atoms with Crippen LogP contribution in [0.2, 0.25) is 0 Å². The Hall–Kier alpha value is -1.88. The van der Waals surface area contributed by atoms with Crippen LogP contribution in [-0.2, 0) is 10.8 Å². The van der Waals surface area contributed by atoms with Crippen LogP contribution in [0.4, 0.5) is 8.78 Å². The standard InChI is InChI=1S/C15H12F2O2S/c16-12-6-7-15(13(17)10-12)20(19)9-8-14(18)11-4-2-1-3-5-11/h1-7,10H,8-9H2. The second kappa shape index (κ2) is 6.52. The number of carbonyl (C=O) groups excluding carboxylic acids is 1. The lowest BCUT2D eigenvalue weighted by Gasteiger charge is -2.04. The van der Waals surface area contributed by atoms with E-state index in [1.807, 2.05) is 0 Å². The third-order valence-corrected chi connectivity index (χ3v) is 4.15. The Bertz CT molecular complexity index is 642. The zero-order valence-electron chi connectivity index (χ0n) is 10.5. The number of carbonyl (C=O) groups is 1. The molecule has 0 aliphatic heterocycles. The van der Waals surface area contributed by atoms with Gasteiger partial charge in [0, 0.05) is 23.8 Å². The molecule has 1 atom stereocenters. The molecule has 104 valence electrons. The first-order chi connectivity index (χ1) is 9.58. The number of benzene rings is 2. The molecule has 0 heterocycles. The van der Waals surface area contributed by atoms with E-state index >= 15 is 0 Å². The Morgan fingerprint density at radius 3 is 2.40 bits per heavy atom. The third-order valence-electron chi connectivity index (χ3n) is 2.75. The zero-order valence-corrected chi connectivity index (χ0v) is 11.3. The number of hydrogen-bond donors (Lipinski definition) is 0. The van der Waals surface area contributed by atoms with Crippen LogP contribution in [0.5, 0.6) is 0 Å². The first-order valence-electron chi connectivity index (χ1n) is 5.99. The summed E-state index contributed by atoms with van der Waals surface area (Å²) in [5, 5.41) is 0. The van der Waals surface area contributed by atoms with Crippen LogP contribution >= 0.6 is 0 Å². The smallest absolute Gasteiger partial charge is 0.163 e. The molecular weight excluding hydrogens is 282 g/mol. The lowest BCUT2D eigenvalue weighted by atomic mass is 10.1. The van der Waals surface area contributed by atoms with Crippen molar-refractivity contribution in [1.82, 2.24) is 0 Å². The van der Waals surface area contributed by atoms with E-state index in [4.69, 9.17) is 0 Å². The van der Waals surface area contributed by atoms with Crippen molar-refractivity contribution >= 4 is 16.6 Å². The van der Waals surface area contributed by atoms with Crippen molar-refractivity contribution in [2.24, 2.45) is 0 Å². The van der Waals surface area contributed by atoms with Crippen molar-refractivity contribution < 1.29 is 17.8 Å². The SMILES string of the molecule is O=C(CCS(=O)c1ccc(F)cc1F)c1ccccc1. The van der Waals surface area contributed by atoms with Gasteiger partial charge in [0.1, 0.15) is 11.6 Å². The summed E-state index contributed by atoms with van der Waals surface area (Å²) in [7, 11) is -1.66. The van der Waals surface area contributed by atoms with Crippen LogP contribution in [-0.4, -0.2) is 15.7 Å². The van der Waals surface area contributed by atoms with E-state index < -0.39 is 22.4 Å². The van der Waals surface area contributed by atoms with Crippen LogP contribution in [0, 0.1) is 11.6 Å². The quantitative estimate of drug-likeness (QED) is 0.793. The third kappa shape index (κ3) is 3.57. The van der Waals surface area contributed by atoms with Crippen molar-refractivity contribution in [2.45, 2.75) is 11.3 Å². The Labute approximate surface area is 117 Å². The van der Waals surface area contributed by atoms with Crippen molar-refractivity contribution in [3.05, 3.63) is 65.7 Å². The Kier molecular flexibility index (Phi) is 4.74. The van der Waals surface area contributed by atoms with Crippen LogP contribution in [0.15, 0.2) is 53.4 Å². The molecule has 2 rings (SSSR count). The maximum absolute atomic E-state index is 13.4. The van der Waals surface area contributed by atoms with Crippen LogP contribution in [0.3, 0.4) is 0 Å². The van der Waals surface area contributed by atoms with E-state index in [1.54, 1.807) is 30.3 Å². The topological polar surface area (TPSA) is 34.1 Å². The van der Waals surface area contributed by atoms with Gasteiger partial charge in [-0.1, -0.05) is 30.3 Å². The minimum Gasteiger partial charge on any atom is -0.294 e. The van der Waals surface area contributed by atoms with Gasteiger partial charge in [0.25, 0.3) is 0 Å². The summed E-state index contributed by atoms with van der Waals surface area (Å²) in [6, 6.07) is 11.5. The normalized spacial score (nSPS) is 12.1. The Morgan fingerprint density at radius 2 is 1.75 bits per heavy atom. The summed E-state index contributed by atoms with van der Waals surface area (Å²) in [6.07, 6.45) is 0.0490. The molecule has 0 amide bonds. The lowest BCUT2D eigenvalue weighted by molar-refractivity contribution is 0.0989. The molecule has 20 heavy (non-hydrogen) atoms. The summed E-state index contributed by atoms with van der Waals surface area (Å²) >= 11 is 0. The molecule has 0 spiro atoms. The predicted molar refractivity (Wildman–Crippen MR) is 73.0 cm³/mol. The summed E-state index contributed by atoms with van der Waals surface area (Å²) in [4.78, 5) is 11.8. The molecule has 5 heteroatoms. The monoisotopic (exact) mass is 294 g/mol. The van der Waals surface area contributed by atoms with Gasteiger partial charge in [0.2, 0.25) is 0 Å². The molecular formula is C15H12F2O2S.